The zero-order valence-corrected chi connectivity index (χ0v) is 15.7. The number of aromatic nitrogens is 3. The third-order valence-electron chi connectivity index (χ3n) is 4.01. The third-order valence-corrected chi connectivity index (χ3v) is 4.78. The average Bonchev–Trinajstić information content (AvgIpc) is 3.36. The highest BCUT2D eigenvalue weighted by atomic mass is 32.1. The van der Waals surface area contributed by atoms with E-state index < -0.39 is 0 Å². The molecule has 27 heavy (non-hydrogen) atoms. The number of thiazole rings is 1. The fourth-order valence-corrected chi connectivity index (χ4v) is 3.24. The zero-order chi connectivity index (χ0) is 18.6. The van der Waals surface area contributed by atoms with Crippen molar-refractivity contribution in [1.82, 2.24) is 15.1 Å². The van der Waals surface area contributed by atoms with E-state index in [0.717, 1.165) is 33.1 Å². The van der Waals surface area contributed by atoms with Crippen LogP contribution in [0.15, 0.2) is 58.4 Å². The van der Waals surface area contributed by atoms with Gasteiger partial charge in [0, 0.05) is 22.6 Å². The predicted octanol–water partition coefficient (Wildman–Crippen LogP) is 5.35. The molecule has 0 N–H and O–H groups in total. The largest absolute Gasteiger partial charge is 0.497 e. The SMILES string of the molecule is COc1ccc(/C=C/c2nc(-c3cccc(-c4csc(C)n4)c3)no2)cc1. The summed E-state index contributed by atoms with van der Waals surface area (Å²) in [6.45, 7) is 2.00. The molecule has 4 aromatic rings. The van der Waals surface area contributed by atoms with Crippen LogP contribution in [0.5, 0.6) is 5.75 Å². The van der Waals surface area contributed by atoms with Crippen LogP contribution in [0.3, 0.4) is 0 Å². The van der Waals surface area contributed by atoms with Crippen LogP contribution in [0.4, 0.5) is 0 Å². The Morgan fingerprint density at radius 1 is 1.00 bits per heavy atom. The van der Waals surface area contributed by atoms with Crippen LogP contribution < -0.4 is 4.74 Å². The molecule has 0 bridgehead atoms. The lowest BCUT2D eigenvalue weighted by molar-refractivity contribution is 0.411. The Morgan fingerprint density at radius 3 is 2.56 bits per heavy atom. The van der Waals surface area contributed by atoms with Gasteiger partial charge in [0.15, 0.2) is 0 Å². The van der Waals surface area contributed by atoms with Gasteiger partial charge in [0.05, 0.1) is 17.8 Å². The number of aryl methyl sites for hydroxylation is 1. The molecule has 0 aliphatic heterocycles. The minimum absolute atomic E-state index is 0.454. The highest BCUT2D eigenvalue weighted by Crippen LogP contribution is 2.26. The monoisotopic (exact) mass is 375 g/mol. The number of nitrogens with zero attached hydrogens (tertiary/aromatic N) is 3. The second kappa shape index (κ2) is 7.55. The Kier molecular flexibility index (Phi) is 4.80. The van der Waals surface area contributed by atoms with Crippen molar-refractivity contribution >= 4 is 23.5 Å². The Labute approximate surface area is 161 Å². The van der Waals surface area contributed by atoms with Gasteiger partial charge in [0.25, 0.3) is 5.89 Å². The Morgan fingerprint density at radius 2 is 1.81 bits per heavy atom. The van der Waals surface area contributed by atoms with Gasteiger partial charge in [0.1, 0.15) is 5.75 Å². The predicted molar refractivity (Wildman–Crippen MR) is 108 cm³/mol. The molecule has 134 valence electrons. The van der Waals surface area contributed by atoms with Crippen LogP contribution in [-0.2, 0) is 0 Å². The molecule has 0 radical (unpaired) electrons. The van der Waals surface area contributed by atoms with Gasteiger partial charge in [-0.2, -0.15) is 4.98 Å². The van der Waals surface area contributed by atoms with Gasteiger partial charge in [-0.25, -0.2) is 4.98 Å². The molecule has 0 amide bonds. The lowest BCUT2D eigenvalue weighted by atomic mass is 10.1. The van der Waals surface area contributed by atoms with E-state index in [1.807, 2.05) is 66.9 Å². The summed E-state index contributed by atoms with van der Waals surface area (Å²) in [7, 11) is 1.65. The Bertz CT molecular complexity index is 1080. The quantitative estimate of drug-likeness (QED) is 0.471. The van der Waals surface area contributed by atoms with E-state index in [1.54, 1.807) is 24.5 Å². The molecular formula is C21H17N3O2S. The van der Waals surface area contributed by atoms with Gasteiger partial charge in [0.2, 0.25) is 5.82 Å². The van der Waals surface area contributed by atoms with Gasteiger partial charge in [-0.15, -0.1) is 11.3 Å². The number of methoxy groups -OCH3 is 1. The highest BCUT2D eigenvalue weighted by molar-refractivity contribution is 7.09. The first-order valence-electron chi connectivity index (χ1n) is 8.40. The first-order chi connectivity index (χ1) is 13.2. The van der Waals surface area contributed by atoms with Gasteiger partial charge in [-0.1, -0.05) is 35.5 Å². The molecule has 0 atom stereocenters. The van der Waals surface area contributed by atoms with E-state index in [0.29, 0.717) is 11.7 Å². The summed E-state index contributed by atoms with van der Waals surface area (Å²) in [6, 6.07) is 15.7. The molecular weight excluding hydrogens is 358 g/mol. The number of ether oxygens (including phenoxy) is 1. The summed E-state index contributed by atoms with van der Waals surface area (Å²) in [6.07, 6.45) is 3.72. The van der Waals surface area contributed by atoms with E-state index in [2.05, 4.69) is 15.1 Å². The van der Waals surface area contributed by atoms with Crippen molar-refractivity contribution in [3.8, 4) is 28.4 Å². The van der Waals surface area contributed by atoms with Crippen LogP contribution in [-0.4, -0.2) is 22.2 Å². The maximum absolute atomic E-state index is 5.35. The van der Waals surface area contributed by atoms with Crippen molar-refractivity contribution in [1.29, 1.82) is 0 Å². The Hall–Kier alpha value is -3.25. The van der Waals surface area contributed by atoms with Gasteiger partial charge >= 0.3 is 0 Å². The lowest BCUT2D eigenvalue weighted by Gasteiger charge is -1.99. The number of hydrogen-bond donors (Lipinski definition) is 0. The van der Waals surface area contributed by atoms with E-state index in [9.17, 15) is 0 Å². The number of hydrogen-bond acceptors (Lipinski definition) is 6. The molecule has 0 spiro atoms. The standard InChI is InChI=1S/C21H17N3O2S/c1-14-22-19(13-27-14)16-4-3-5-17(12-16)21-23-20(26-24-21)11-8-15-6-9-18(25-2)10-7-15/h3-13H,1-2H3/b11-8+. The number of benzene rings is 2. The van der Waals surface area contributed by atoms with E-state index in [-0.39, 0.29) is 0 Å². The summed E-state index contributed by atoms with van der Waals surface area (Å²) in [5, 5.41) is 7.18. The second-order valence-electron chi connectivity index (χ2n) is 5.90. The lowest BCUT2D eigenvalue weighted by Crippen LogP contribution is -1.84. The molecule has 0 saturated heterocycles. The summed E-state index contributed by atoms with van der Waals surface area (Å²) in [5.74, 6) is 1.83. The van der Waals surface area contributed by atoms with Crippen LogP contribution >= 0.6 is 11.3 Å². The van der Waals surface area contributed by atoms with Crippen molar-refractivity contribution < 1.29 is 9.26 Å². The molecule has 5 nitrogen and oxygen atoms in total. The zero-order valence-electron chi connectivity index (χ0n) is 14.9. The van der Waals surface area contributed by atoms with Crippen molar-refractivity contribution in [3.05, 3.63) is 70.4 Å². The highest BCUT2D eigenvalue weighted by Gasteiger charge is 2.09. The summed E-state index contributed by atoms with van der Waals surface area (Å²) < 4.78 is 10.5. The molecule has 0 unspecified atom stereocenters. The smallest absolute Gasteiger partial charge is 0.250 e. The van der Waals surface area contributed by atoms with E-state index in [4.69, 9.17) is 9.26 Å². The maximum atomic E-state index is 5.35. The fraction of sp³-hybridized carbons (Fsp3) is 0.0952. The molecule has 0 fully saturated rings. The van der Waals surface area contributed by atoms with Crippen LogP contribution in [0.25, 0.3) is 34.8 Å². The molecule has 0 saturated carbocycles. The molecule has 2 aromatic carbocycles. The fourth-order valence-electron chi connectivity index (χ4n) is 2.62. The second-order valence-corrected chi connectivity index (χ2v) is 6.96. The minimum Gasteiger partial charge on any atom is -0.497 e. The molecule has 2 aromatic heterocycles. The van der Waals surface area contributed by atoms with E-state index >= 15 is 0 Å². The topological polar surface area (TPSA) is 61.0 Å². The summed E-state index contributed by atoms with van der Waals surface area (Å²) >= 11 is 1.63. The van der Waals surface area contributed by atoms with Crippen molar-refractivity contribution in [3.63, 3.8) is 0 Å². The molecule has 2 heterocycles. The summed E-state index contributed by atoms with van der Waals surface area (Å²) in [4.78, 5) is 8.99. The maximum Gasteiger partial charge on any atom is 0.250 e. The van der Waals surface area contributed by atoms with E-state index in [1.165, 1.54) is 0 Å². The minimum atomic E-state index is 0.454. The normalized spacial score (nSPS) is 11.2. The summed E-state index contributed by atoms with van der Waals surface area (Å²) in [5.41, 5.74) is 3.92. The molecule has 0 aliphatic rings. The Balaban J connectivity index is 1.54. The van der Waals surface area contributed by atoms with Crippen molar-refractivity contribution in [2.24, 2.45) is 0 Å². The molecule has 0 aliphatic carbocycles. The first kappa shape index (κ1) is 17.2. The molecule has 6 heteroatoms. The number of rotatable bonds is 5. The van der Waals surface area contributed by atoms with Crippen LogP contribution in [0, 0.1) is 6.92 Å². The van der Waals surface area contributed by atoms with Crippen molar-refractivity contribution in [2.75, 3.05) is 7.11 Å². The molecule has 4 rings (SSSR count). The van der Waals surface area contributed by atoms with Crippen molar-refractivity contribution in [2.45, 2.75) is 6.92 Å². The van der Waals surface area contributed by atoms with Crippen LogP contribution in [0.1, 0.15) is 16.5 Å². The van der Waals surface area contributed by atoms with Gasteiger partial charge < -0.3 is 9.26 Å². The first-order valence-corrected chi connectivity index (χ1v) is 9.28. The van der Waals surface area contributed by atoms with Gasteiger partial charge in [-0.05, 0) is 36.8 Å². The average molecular weight is 375 g/mol. The third kappa shape index (κ3) is 3.96. The van der Waals surface area contributed by atoms with Crippen LogP contribution in [0.2, 0.25) is 0 Å². The van der Waals surface area contributed by atoms with Gasteiger partial charge in [-0.3, -0.25) is 0 Å².